The van der Waals surface area contributed by atoms with Gasteiger partial charge >= 0.3 is 0 Å². The summed E-state index contributed by atoms with van der Waals surface area (Å²) in [4.78, 5) is 30.4. The fraction of sp³-hybridized carbons (Fsp3) is 0. The van der Waals surface area contributed by atoms with Gasteiger partial charge in [0.05, 0.1) is 28.0 Å². The SMILES string of the molecule is O=C([O-])Nc1ccc(Oc2cc([N+](=O)[O-])cc([N+](=O)[O-])c2)cc1. The number of carboxylic acid groups (broad SMARTS) is 1. The number of nitro benzene ring substituents is 2. The van der Waals surface area contributed by atoms with E-state index in [2.05, 4.69) is 0 Å². The maximum Gasteiger partial charge on any atom is 0.280 e. The zero-order valence-electron chi connectivity index (χ0n) is 11.3. The van der Waals surface area contributed by atoms with Crippen LogP contribution in [0, 0.1) is 20.2 Å². The van der Waals surface area contributed by atoms with Gasteiger partial charge in [0, 0.05) is 5.69 Å². The highest BCUT2D eigenvalue weighted by Gasteiger charge is 2.17. The van der Waals surface area contributed by atoms with E-state index in [-0.39, 0.29) is 17.2 Å². The number of nitro groups is 2. The predicted molar refractivity (Wildman–Crippen MR) is 75.3 cm³/mol. The van der Waals surface area contributed by atoms with Crippen LogP contribution in [0.2, 0.25) is 0 Å². The van der Waals surface area contributed by atoms with E-state index in [0.29, 0.717) is 0 Å². The van der Waals surface area contributed by atoms with Gasteiger partial charge in [-0.2, -0.15) is 0 Å². The number of benzene rings is 2. The van der Waals surface area contributed by atoms with Crippen molar-refractivity contribution in [1.82, 2.24) is 0 Å². The van der Waals surface area contributed by atoms with Crippen molar-refractivity contribution in [3.63, 3.8) is 0 Å². The van der Waals surface area contributed by atoms with Crippen molar-refractivity contribution < 1.29 is 24.5 Å². The molecule has 2 rings (SSSR count). The van der Waals surface area contributed by atoms with E-state index in [4.69, 9.17) is 4.74 Å². The van der Waals surface area contributed by atoms with E-state index in [1.807, 2.05) is 5.32 Å². The van der Waals surface area contributed by atoms with Crippen molar-refractivity contribution in [2.75, 3.05) is 5.32 Å². The Morgan fingerprint density at radius 3 is 1.87 bits per heavy atom. The smallest absolute Gasteiger partial charge is 0.280 e. The average molecular weight is 318 g/mol. The molecule has 0 saturated carbocycles. The maximum atomic E-state index is 10.8. The molecular formula is C13H8N3O7-. The summed E-state index contributed by atoms with van der Waals surface area (Å²) in [7, 11) is 0. The highest BCUT2D eigenvalue weighted by atomic mass is 16.6. The molecular weight excluding hydrogens is 310 g/mol. The van der Waals surface area contributed by atoms with Crippen LogP contribution in [0.25, 0.3) is 0 Å². The van der Waals surface area contributed by atoms with Gasteiger partial charge in [-0.15, -0.1) is 0 Å². The van der Waals surface area contributed by atoms with Crippen molar-refractivity contribution >= 4 is 23.2 Å². The third-order valence-corrected chi connectivity index (χ3v) is 2.63. The number of nitrogens with zero attached hydrogens (tertiary/aromatic N) is 2. The van der Waals surface area contributed by atoms with Crippen molar-refractivity contribution in [2.24, 2.45) is 0 Å². The normalized spacial score (nSPS) is 9.91. The van der Waals surface area contributed by atoms with E-state index in [1.165, 1.54) is 24.3 Å². The van der Waals surface area contributed by atoms with Gasteiger partial charge in [0.1, 0.15) is 17.6 Å². The first kappa shape index (κ1) is 15.7. The molecule has 0 spiro atoms. The number of carbonyl (C=O) groups excluding carboxylic acids is 1. The van der Waals surface area contributed by atoms with Crippen molar-refractivity contribution in [3.8, 4) is 11.5 Å². The molecule has 0 heterocycles. The monoisotopic (exact) mass is 318 g/mol. The lowest BCUT2D eigenvalue weighted by molar-refractivity contribution is -0.394. The summed E-state index contributed by atoms with van der Waals surface area (Å²) in [5.74, 6) is 0.121. The molecule has 23 heavy (non-hydrogen) atoms. The van der Waals surface area contributed by atoms with Gasteiger partial charge in [-0.25, -0.2) is 0 Å². The van der Waals surface area contributed by atoms with Crippen LogP contribution in [-0.2, 0) is 0 Å². The topological polar surface area (TPSA) is 148 Å². The van der Waals surface area contributed by atoms with Gasteiger partial charge in [-0.3, -0.25) is 20.2 Å². The molecule has 0 saturated heterocycles. The van der Waals surface area contributed by atoms with Crippen molar-refractivity contribution in [3.05, 3.63) is 62.7 Å². The highest BCUT2D eigenvalue weighted by molar-refractivity contribution is 5.81. The first-order chi connectivity index (χ1) is 10.8. The summed E-state index contributed by atoms with van der Waals surface area (Å²) in [5.41, 5.74) is -0.726. The Balaban J connectivity index is 2.26. The molecule has 2 aromatic carbocycles. The second-order valence-corrected chi connectivity index (χ2v) is 4.24. The van der Waals surface area contributed by atoms with E-state index in [9.17, 15) is 30.1 Å². The second-order valence-electron chi connectivity index (χ2n) is 4.24. The van der Waals surface area contributed by atoms with E-state index in [1.54, 1.807) is 0 Å². The van der Waals surface area contributed by atoms with Crippen LogP contribution in [0.4, 0.5) is 21.9 Å². The number of ether oxygens (including phenoxy) is 1. The molecule has 2 aromatic rings. The third-order valence-electron chi connectivity index (χ3n) is 2.63. The Hall–Kier alpha value is -3.69. The second kappa shape index (κ2) is 6.39. The highest BCUT2D eigenvalue weighted by Crippen LogP contribution is 2.31. The molecule has 0 aliphatic heterocycles. The zero-order valence-corrected chi connectivity index (χ0v) is 11.3. The number of hydrogen-bond acceptors (Lipinski definition) is 7. The van der Waals surface area contributed by atoms with Crippen molar-refractivity contribution in [2.45, 2.75) is 0 Å². The molecule has 0 aromatic heterocycles. The molecule has 0 unspecified atom stereocenters. The summed E-state index contributed by atoms with van der Waals surface area (Å²) in [6.07, 6.45) is -1.48. The molecule has 0 aliphatic carbocycles. The molecule has 10 nitrogen and oxygen atoms in total. The fourth-order valence-electron chi connectivity index (χ4n) is 1.70. The van der Waals surface area contributed by atoms with Crippen LogP contribution in [0.15, 0.2) is 42.5 Å². The lowest BCUT2D eigenvalue weighted by atomic mass is 10.2. The van der Waals surface area contributed by atoms with Gasteiger partial charge in [0.25, 0.3) is 11.4 Å². The van der Waals surface area contributed by atoms with Gasteiger partial charge in [0.2, 0.25) is 0 Å². The Morgan fingerprint density at radius 1 is 0.913 bits per heavy atom. The lowest BCUT2D eigenvalue weighted by Gasteiger charge is -2.08. The number of nitrogens with one attached hydrogen (secondary N) is 1. The van der Waals surface area contributed by atoms with Crippen LogP contribution in [0.5, 0.6) is 11.5 Å². The summed E-state index contributed by atoms with van der Waals surface area (Å²) in [6.45, 7) is 0. The van der Waals surface area contributed by atoms with Gasteiger partial charge in [-0.1, -0.05) is 0 Å². The minimum Gasteiger partial charge on any atom is -0.530 e. The minimum absolute atomic E-state index is 0.0912. The maximum absolute atomic E-state index is 10.8. The number of carbonyl (C=O) groups is 1. The predicted octanol–water partition coefficient (Wildman–Crippen LogP) is 2.05. The molecule has 1 N–H and O–H groups in total. The number of amides is 1. The number of hydrogen-bond donors (Lipinski definition) is 1. The first-order valence-corrected chi connectivity index (χ1v) is 6.05. The summed E-state index contributed by atoms with van der Waals surface area (Å²) >= 11 is 0. The minimum atomic E-state index is -1.48. The first-order valence-electron chi connectivity index (χ1n) is 6.05. The Labute approximate surface area is 128 Å². The van der Waals surface area contributed by atoms with Crippen LogP contribution in [0.3, 0.4) is 0 Å². The van der Waals surface area contributed by atoms with E-state index >= 15 is 0 Å². The zero-order chi connectivity index (χ0) is 17.0. The molecule has 0 bridgehead atoms. The molecule has 0 radical (unpaired) electrons. The Kier molecular flexibility index (Phi) is 4.36. The summed E-state index contributed by atoms with van der Waals surface area (Å²) in [6, 6.07) is 8.42. The molecule has 0 aliphatic rings. The van der Waals surface area contributed by atoms with Crippen LogP contribution in [-0.4, -0.2) is 15.9 Å². The van der Waals surface area contributed by atoms with E-state index < -0.39 is 27.3 Å². The molecule has 10 heteroatoms. The third kappa shape index (κ3) is 4.14. The van der Waals surface area contributed by atoms with Gasteiger partial charge in [-0.05, 0) is 24.3 Å². The van der Waals surface area contributed by atoms with Crippen LogP contribution >= 0.6 is 0 Å². The number of rotatable bonds is 5. The molecule has 118 valence electrons. The molecule has 1 amide bonds. The number of non-ortho nitro benzene ring substituents is 2. The van der Waals surface area contributed by atoms with E-state index in [0.717, 1.165) is 18.2 Å². The Bertz CT molecular complexity index is 741. The summed E-state index contributed by atoms with van der Waals surface area (Å²) < 4.78 is 5.32. The van der Waals surface area contributed by atoms with Crippen molar-refractivity contribution in [1.29, 1.82) is 0 Å². The fourth-order valence-corrected chi connectivity index (χ4v) is 1.70. The van der Waals surface area contributed by atoms with Crippen LogP contribution < -0.4 is 15.2 Å². The molecule has 0 fully saturated rings. The average Bonchev–Trinajstić information content (AvgIpc) is 2.48. The van der Waals surface area contributed by atoms with Gasteiger partial charge in [0.15, 0.2) is 0 Å². The van der Waals surface area contributed by atoms with Crippen LogP contribution in [0.1, 0.15) is 0 Å². The van der Waals surface area contributed by atoms with Gasteiger partial charge < -0.3 is 20.0 Å². The Morgan fingerprint density at radius 2 is 1.43 bits per heavy atom. The summed E-state index contributed by atoms with van der Waals surface area (Å²) in [5, 5.41) is 34.0. The lowest BCUT2D eigenvalue weighted by Crippen LogP contribution is -2.28. The quantitative estimate of drug-likeness (QED) is 0.655. The molecule has 0 atom stereocenters. The largest absolute Gasteiger partial charge is 0.530 e. The number of anilines is 1. The standard InChI is InChI=1S/C13H9N3O7/c17-13(18)14-8-1-3-11(4-2-8)23-12-6-9(15(19)20)5-10(7-12)16(21)22/h1-7,14H,(H,17,18)/p-1.